The molecule has 0 aliphatic heterocycles. The van der Waals surface area contributed by atoms with E-state index in [9.17, 15) is 9.18 Å². The van der Waals surface area contributed by atoms with E-state index in [0.717, 1.165) is 17.5 Å². The fraction of sp³-hybridized carbons (Fsp3) is 0.321. The molecule has 0 radical (unpaired) electrons. The summed E-state index contributed by atoms with van der Waals surface area (Å²) in [7, 11) is 2.94. The van der Waals surface area contributed by atoms with Gasteiger partial charge in [0.15, 0.2) is 0 Å². The molecule has 0 saturated carbocycles. The van der Waals surface area contributed by atoms with Crippen LogP contribution >= 0.6 is 0 Å². The smallest absolute Gasteiger partial charge is 0.306 e. The number of benzene rings is 3. The van der Waals surface area contributed by atoms with Crippen molar-refractivity contribution in [3.63, 3.8) is 0 Å². The summed E-state index contributed by atoms with van der Waals surface area (Å²) in [6, 6.07) is 18.0. The first kappa shape index (κ1) is 25.1. The summed E-state index contributed by atoms with van der Waals surface area (Å²) in [6.45, 7) is 4.83. The van der Waals surface area contributed by atoms with Gasteiger partial charge in [0.2, 0.25) is 0 Å². The molecule has 0 bridgehead atoms. The summed E-state index contributed by atoms with van der Waals surface area (Å²) in [5.74, 6) is 1.30. The SMILES string of the molecule is CCCOc1cc(COc2cccc([C@H](C)CC(=O)OC)c2)ccc1-c1cc(OC)ccc1F. The third-order valence-electron chi connectivity index (χ3n) is 5.50. The molecule has 0 aliphatic carbocycles. The Morgan fingerprint density at radius 1 is 0.941 bits per heavy atom. The van der Waals surface area contributed by atoms with Crippen LogP contribution in [0.4, 0.5) is 4.39 Å². The first-order valence-electron chi connectivity index (χ1n) is 11.3. The minimum absolute atomic E-state index is 0.0158. The van der Waals surface area contributed by atoms with Gasteiger partial charge in [-0.15, -0.1) is 0 Å². The molecule has 1 atom stereocenters. The van der Waals surface area contributed by atoms with Gasteiger partial charge in [0.25, 0.3) is 0 Å². The second-order valence-corrected chi connectivity index (χ2v) is 8.07. The molecule has 5 nitrogen and oxygen atoms in total. The van der Waals surface area contributed by atoms with Crippen LogP contribution in [0.2, 0.25) is 0 Å². The fourth-order valence-corrected chi connectivity index (χ4v) is 3.58. The van der Waals surface area contributed by atoms with Crippen molar-refractivity contribution < 1.29 is 28.1 Å². The van der Waals surface area contributed by atoms with E-state index in [1.807, 2.05) is 56.3 Å². The zero-order valence-electron chi connectivity index (χ0n) is 20.1. The summed E-state index contributed by atoms with van der Waals surface area (Å²) in [6.07, 6.45) is 1.14. The van der Waals surface area contributed by atoms with Crippen molar-refractivity contribution in [1.29, 1.82) is 0 Å². The van der Waals surface area contributed by atoms with Gasteiger partial charge in [-0.2, -0.15) is 0 Å². The number of methoxy groups -OCH3 is 2. The van der Waals surface area contributed by atoms with Crippen LogP contribution in [0.5, 0.6) is 17.2 Å². The van der Waals surface area contributed by atoms with Gasteiger partial charge in [0, 0.05) is 11.1 Å². The van der Waals surface area contributed by atoms with Crippen molar-refractivity contribution in [2.75, 3.05) is 20.8 Å². The number of hydrogen-bond acceptors (Lipinski definition) is 5. The first-order valence-corrected chi connectivity index (χ1v) is 11.3. The first-order chi connectivity index (χ1) is 16.4. The highest BCUT2D eigenvalue weighted by molar-refractivity contribution is 5.73. The summed E-state index contributed by atoms with van der Waals surface area (Å²) < 4.78 is 36.6. The van der Waals surface area contributed by atoms with Crippen LogP contribution in [-0.4, -0.2) is 26.8 Å². The number of carbonyl (C=O) groups excluding carboxylic acids is 1. The largest absolute Gasteiger partial charge is 0.497 e. The number of carbonyl (C=O) groups is 1. The van der Waals surface area contributed by atoms with E-state index < -0.39 is 0 Å². The Morgan fingerprint density at radius 3 is 2.50 bits per heavy atom. The molecule has 6 heteroatoms. The topological polar surface area (TPSA) is 54.0 Å². The molecular formula is C28H31FO5. The zero-order chi connectivity index (χ0) is 24.5. The van der Waals surface area contributed by atoms with E-state index in [2.05, 4.69) is 0 Å². The van der Waals surface area contributed by atoms with Crippen LogP contribution in [0.3, 0.4) is 0 Å². The molecule has 3 aromatic carbocycles. The lowest BCUT2D eigenvalue weighted by atomic mass is 9.98. The monoisotopic (exact) mass is 466 g/mol. The molecule has 0 heterocycles. The Balaban J connectivity index is 1.80. The van der Waals surface area contributed by atoms with Crippen molar-refractivity contribution >= 4 is 5.97 Å². The van der Waals surface area contributed by atoms with Crippen LogP contribution in [0.15, 0.2) is 60.7 Å². The van der Waals surface area contributed by atoms with Gasteiger partial charge in [-0.3, -0.25) is 4.79 Å². The van der Waals surface area contributed by atoms with Crippen molar-refractivity contribution in [3.05, 3.63) is 77.6 Å². The second-order valence-electron chi connectivity index (χ2n) is 8.07. The molecule has 180 valence electrons. The van der Waals surface area contributed by atoms with Gasteiger partial charge < -0.3 is 18.9 Å². The molecule has 0 aromatic heterocycles. The summed E-state index contributed by atoms with van der Waals surface area (Å²) in [4.78, 5) is 11.6. The normalized spacial score (nSPS) is 11.6. The number of halogens is 1. The molecule has 0 fully saturated rings. The maximum Gasteiger partial charge on any atom is 0.306 e. The highest BCUT2D eigenvalue weighted by Gasteiger charge is 2.15. The van der Waals surface area contributed by atoms with Crippen LogP contribution in [0, 0.1) is 5.82 Å². The van der Waals surface area contributed by atoms with Gasteiger partial charge in [0.1, 0.15) is 29.7 Å². The Kier molecular flexibility index (Phi) is 8.91. The molecule has 3 aromatic rings. The van der Waals surface area contributed by atoms with E-state index in [1.165, 1.54) is 13.2 Å². The fourth-order valence-electron chi connectivity index (χ4n) is 3.58. The van der Waals surface area contributed by atoms with Crippen molar-refractivity contribution in [2.24, 2.45) is 0 Å². The zero-order valence-corrected chi connectivity index (χ0v) is 20.1. The Morgan fingerprint density at radius 2 is 1.76 bits per heavy atom. The van der Waals surface area contributed by atoms with E-state index in [0.29, 0.717) is 48.0 Å². The molecule has 0 unspecified atom stereocenters. The molecule has 0 saturated heterocycles. The van der Waals surface area contributed by atoms with Gasteiger partial charge in [0.05, 0.1) is 27.2 Å². The van der Waals surface area contributed by atoms with E-state index in [4.69, 9.17) is 18.9 Å². The van der Waals surface area contributed by atoms with Crippen LogP contribution in [-0.2, 0) is 16.1 Å². The quantitative estimate of drug-likeness (QED) is 0.301. The Labute approximate surface area is 200 Å². The third-order valence-corrected chi connectivity index (χ3v) is 5.50. The summed E-state index contributed by atoms with van der Waals surface area (Å²) in [5, 5.41) is 0. The average molecular weight is 467 g/mol. The minimum atomic E-state index is -0.343. The predicted octanol–water partition coefficient (Wildman–Crippen LogP) is 6.54. The molecule has 0 amide bonds. The van der Waals surface area contributed by atoms with Crippen molar-refractivity contribution in [3.8, 4) is 28.4 Å². The van der Waals surface area contributed by atoms with E-state index in [-0.39, 0.29) is 17.7 Å². The maximum absolute atomic E-state index is 14.6. The van der Waals surface area contributed by atoms with E-state index >= 15 is 0 Å². The third kappa shape index (κ3) is 6.50. The van der Waals surface area contributed by atoms with Gasteiger partial charge in [-0.05, 0) is 59.9 Å². The Bertz CT molecular complexity index is 1110. The van der Waals surface area contributed by atoms with Gasteiger partial charge in [-0.1, -0.05) is 38.1 Å². The standard InChI is InChI=1S/C28H31FO5/c1-5-13-33-27-15-20(9-11-24(27)25-17-22(31-3)10-12-26(25)29)18-34-23-8-6-7-21(16-23)19(2)14-28(30)32-4/h6-12,15-17,19H,5,13-14,18H2,1-4H3/t19-/m1/s1. The summed E-state index contributed by atoms with van der Waals surface area (Å²) >= 11 is 0. The number of esters is 1. The lowest BCUT2D eigenvalue weighted by Gasteiger charge is -2.16. The number of hydrogen-bond donors (Lipinski definition) is 0. The lowest BCUT2D eigenvalue weighted by molar-refractivity contribution is -0.140. The lowest BCUT2D eigenvalue weighted by Crippen LogP contribution is -2.06. The molecule has 0 N–H and O–H groups in total. The second kappa shape index (κ2) is 12.1. The highest BCUT2D eigenvalue weighted by atomic mass is 19.1. The van der Waals surface area contributed by atoms with Crippen LogP contribution < -0.4 is 14.2 Å². The van der Waals surface area contributed by atoms with Crippen LogP contribution in [0.1, 0.15) is 43.7 Å². The minimum Gasteiger partial charge on any atom is -0.497 e. The maximum atomic E-state index is 14.6. The molecular weight excluding hydrogens is 435 g/mol. The van der Waals surface area contributed by atoms with Crippen molar-refractivity contribution in [1.82, 2.24) is 0 Å². The van der Waals surface area contributed by atoms with Gasteiger partial charge in [-0.25, -0.2) is 4.39 Å². The van der Waals surface area contributed by atoms with Crippen molar-refractivity contribution in [2.45, 2.75) is 39.2 Å². The van der Waals surface area contributed by atoms with E-state index in [1.54, 1.807) is 19.2 Å². The van der Waals surface area contributed by atoms with Crippen LogP contribution in [0.25, 0.3) is 11.1 Å². The number of ether oxygens (including phenoxy) is 4. The molecule has 3 rings (SSSR count). The van der Waals surface area contributed by atoms with Gasteiger partial charge >= 0.3 is 5.97 Å². The molecule has 0 aliphatic rings. The number of rotatable bonds is 11. The highest BCUT2D eigenvalue weighted by Crippen LogP contribution is 2.35. The average Bonchev–Trinajstić information content (AvgIpc) is 2.86. The molecule has 0 spiro atoms. The summed E-state index contributed by atoms with van der Waals surface area (Å²) in [5.41, 5.74) is 2.97. The molecule has 34 heavy (non-hydrogen) atoms. The Hall–Kier alpha value is -3.54. The predicted molar refractivity (Wildman–Crippen MR) is 130 cm³/mol.